The highest BCUT2D eigenvalue weighted by Gasteiger charge is 2.38. The molecule has 2 saturated heterocycles. The SMILES string of the molecule is O=C(C1CCCN1C(=O)c1ccc2ccccc2c1O)N1CCC(c2c[nH]c3ccccc23)CC1. The molecule has 1 unspecified atom stereocenters. The first kappa shape index (κ1) is 21.7. The molecule has 6 nitrogen and oxygen atoms in total. The Hall–Kier alpha value is -3.80. The average molecular weight is 468 g/mol. The number of carbonyl (C=O) groups excluding carboxylic acids is 2. The summed E-state index contributed by atoms with van der Waals surface area (Å²) >= 11 is 0. The van der Waals surface area contributed by atoms with E-state index in [2.05, 4.69) is 29.4 Å². The van der Waals surface area contributed by atoms with Gasteiger partial charge < -0.3 is 19.9 Å². The summed E-state index contributed by atoms with van der Waals surface area (Å²) in [6, 6.07) is 18.9. The summed E-state index contributed by atoms with van der Waals surface area (Å²) in [5, 5.41) is 13.6. The van der Waals surface area contributed by atoms with Crippen molar-refractivity contribution >= 4 is 33.5 Å². The van der Waals surface area contributed by atoms with Gasteiger partial charge in [-0.3, -0.25) is 9.59 Å². The molecule has 0 bridgehead atoms. The number of hydrogen-bond donors (Lipinski definition) is 2. The molecule has 1 atom stereocenters. The molecule has 2 N–H and O–H groups in total. The normalized spacial score (nSPS) is 19.0. The number of hydrogen-bond acceptors (Lipinski definition) is 3. The summed E-state index contributed by atoms with van der Waals surface area (Å²) in [5.41, 5.74) is 2.75. The highest BCUT2D eigenvalue weighted by Crippen LogP contribution is 2.35. The van der Waals surface area contributed by atoms with Gasteiger partial charge in [-0.2, -0.15) is 0 Å². The molecule has 0 spiro atoms. The van der Waals surface area contributed by atoms with Crippen LogP contribution < -0.4 is 0 Å². The first-order valence-corrected chi connectivity index (χ1v) is 12.5. The largest absolute Gasteiger partial charge is 0.506 e. The first-order valence-electron chi connectivity index (χ1n) is 12.5. The fourth-order valence-electron chi connectivity index (χ4n) is 5.90. The van der Waals surface area contributed by atoms with Gasteiger partial charge in [-0.25, -0.2) is 0 Å². The van der Waals surface area contributed by atoms with Gasteiger partial charge in [0.15, 0.2) is 0 Å². The average Bonchev–Trinajstić information content (AvgIpc) is 3.56. The van der Waals surface area contributed by atoms with E-state index in [9.17, 15) is 14.7 Å². The van der Waals surface area contributed by atoms with Gasteiger partial charge in [0.1, 0.15) is 11.8 Å². The van der Waals surface area contributed by atoms with Crippen molar-refractivity contribution in [3.63, 3.8) is 0 Å². The number of nitrogens with one attached hydrogen (secondary N) is 1. The van der Waals surface area contributed by atoms with Crippen LogP contribution in [0.15, 0.2) is 66.9 Å². The summed E-state index contributed by atoms with van der Waals surface area (Å²) in [6.07, 6.45) is 5.41. The Bertz CT molecular complexity index is 1420. The van der Waals surface area contributed by atoms with E-state index in [1.807, 2.05) is 41.3 Å². The van der Waals surface area contributed by atoms with E-state index in [1.54, 1.807) is 11.0 Å². The van der Waals surface area contributed by atoms with Crippen molar-refractivity contribution in [1.29, 1.82) is 0 Å². The predicted molar refractivity (Wildman–Crippen MR) is 137 cm³/mol. The van der Waals surface area contributed by atoms with Crippen LogP contribution in [0.5, 0.6) is 5.75 Å². The quantitative estimate of drug-likeness (QED) is 0.443. The summed E-state index contributed by atoms with van der Waals surface area (Å²) in [4.78, 5) is 33.9. The van der Waals surface area contributed by atoms with E-state index < -0.39 is 6.04 Å². The van der Waals surface area contributed by atoms with Crippen molar-refractivity contribution in [2.75, 3.05) is 19.6 Å². The number of carbonyl (C=O) groups is 2. The van der Waals surface area contributed by atoms with Gasteiger partial charge in [0, 0.05) is 42.1 Å². The van der Waals surface area contributed by atoms with Crippen LogP contribution in [0.4, 0.5) is 0 Å². The van der Waals surface area contributed by atoms with E-state index in [4.69, 9.17) is 0 Å². The van der Waals surface area contributed by atoms with Crippen LogP contribution in [-0.2, 0) is 4.79 Å². The molecule has 2 fully saturated rings. The number of aromatic amines is 1. The fraction of sp³-hybridized carbons (Fsp3) is 0.310. The highest BCUT2D eigenvalue weighted by atomic mass is 16.3. The second-order valence-electron chi connectivity index (χ2n) is 9.73. The number of rotatable bonds is 3. The molecule has 0 aliphatic carbocycles. The first-order chi connectivity index (χ1) is 17.1. The van der Waals surface area contributed by atoms with Crippen molar-refractivity contribution in [2.24, 2.45) is 0 Å². The zero-order chi connectivity index (χ0) is 23.9. The van der Waals surface area contributed by atoms with Crippen LogP contribution >= 0.6 is 0 Å². The number of benzene rings is 3. The van der Waals surface area contributed by atoms with E-state index in [-0.39, 0.29) is 23.1 Å². The van der Waals surface area contributed by atoms with Gasteiger partial charge >= 0.3 is 0 Å². The Balaban J connectivity index is 1.17. The number of phenols is 1. The Kier molecular flexibility index (Phi) is 5.44. The van der Waals surface area contributed by atoms with E-state index in [0.717, 1.165) is 30.2 Å². The van der Waals surface area contributed by atoms with E-state index in [0.29, 0.717) is 37.4 Å². The van der Waals surface area contributed by atoms with Crippen molar-refractivity contribution in [1.82, 2.24) is 14.8 Å². The molecular formula is C29H29N3O3. The summed E-state index contributed by atoms with van der Waals surface area (Å²) in [7, 11) is 0. The monoisotopic (exact) mass is 467 g/mol. The van der Waals surface area contributed by atoms with Gasteiger partial charge in [0.2, 0.25) is 5.91 Å². The molecule has 178 valence electrons. The molecule has 1 aromatic heterocycles. The third kappa shape index (κ3) is 3.73. The zero-order valence-electron chi connectivity index (χ0n) is 19.6. The lowest BCUT2D eigenvalue weighted by Crippen LogP contribution is -2.49. The maximum absolute atomic E-state index is 13.5. The van der Waals surface area contributed by atoms with Gasteiger partial charge in [-0.15, -0.1) is 0 Å². The standard InChI is InChI=1S/C29H29N3O3/c33-27-21-7-2-1-6-19(21)11-12-23(27)28(34)32-15-5-10-26(32)29(35)31-16-13-20(14-17-31)24-18-30-25-9-4-3-8-22(24)25/h1-4,6-9,11-12,18,20,26,30,33H,5,10,13-17H2. The number of fused-ring (bicyclic) bond motifs is 2. The molecule has 3 heterocycles. The number of H-pyrrole nitrogens is 1. The number of piperidine rings is 1. The molecule has 4 aromatic rings. The third-order valence-corrected chi connectivity index (χ3v) is 7.80. The molecule has 2 aliphatic heterocycles. The van der Waals surface area contributed by atoms with Crippen LogP contribution in [0.3, 0.4) is 0 Å². The topological polar surface area (TPSA) is 76.6 Å². The number of nitrogens with zero attached hydrogens (tertiary/aromatic N) is 2. The van der Waals surface area contributed by atoms with E-state index in [1.165, 1.54) is 10.9 Å². The van der Waals surface area contributed by atoms with Gasteiger partial charge in [0.05, 0.1) is 5.56 Å². The molecule has 35 heavy (non-hydrogen) atoms. The second-order valence-corrected chi connectivity index (χ2v) is 9.73. The Labute approximate surface area is 204 Å². The smallest absolute Gasteiger partial charge is 0.258 e. The van der Waals surface area contributed by atoms with Crippen LogP contribution in [0.2, 0.25) is 0 Å². The maximum Gasteiger partial charge on any atom is 0.258 e. The minimum Gasteiger partial charge on any atom is -0.506 e. The van der Waals surface area contributed by atoms with Gasteiger partial charge in [-0.05, 0) is 54.7 Å². The molecule has 0 radical (unpaired) electrons. The molecule has 2 aliphatic rings. The number of aromatic nitrogens is 1. The molecule has 2 amide bonds. The van der Waals surface area contributed by atoms with Gasteiger partial charge in [0.25, 0.3) is 5.91 Å². The molecular weight excluding hydrogens is 438 g/mol. The number of phenolic OH excluding ortho intramolecular Hbond substituents is 1. The lowest BCUT2D eigenvalue weighted by Gasteiger charge is -2.35. The number of aromatic hydroxyl groups is 1. The van der Waals surface area contributed by atoms with Gasteiger partial charge in [-0.1, -0.05) is 48.5 Å². The summed E-state index contributed by atoms with van der Waals surface area (Å²) < 4.78 is 0. The summed E-state index contributed by atoms with van der Waals surface area (Å²) in [5.74, 6) is 0.183. The van der Waals surface area contributed by atoms with Crippen molar-refractivity contribution in [3.05, 3.63) is 78.0 Å². The maximum atomic E-state index is 13.5. The number of para-hydroxylation sites is 1. The number of amides is 2. The zero-order valence-corrected chi connectivity index (χ0v) is 19.6. The predicted octanol–water partition coefficient (Wildman–Crippen LogP) is 5.04. The molecule has 0 saturated carbocycles. The molecule has 6 heteroatoms. The molecule has 3 aromatic carbocycles. The number of likely N-dealkylation sites (tertiary alicyclic amines) is 2. The van der Waals surface area contributed by atoms with Crippen molar-refractivity contribution < 1.29 is 14.7 Å². The highest BCUT2D eigenvalue weighted by molar-refractivity contribution is 6.05. The van der Waals surface area contributed by atoms with Crippen molar-refractivity contribution in [3.8, 4) is 5.75 Å². The Morgan fingerprint density at radius 1 is 0.857 bits per heavy atom. The van der Waals surface area contributed by atoms with Crippen LogP contribution in [0.25, 0.3) is 21.7 Å². The Morgan fingerprint density at radius 3 is 2.43 bits per heavy atom. The van der Waals surface area contributed by atoms with Crippen LogP contribution in [0.1, 0.15) is 47.5 Å². The fourth-order valence-corrected chi connectivity index (χ4v) is 5.90. The molecule has 6 rings (SSSR count). The minimum atomic E-state index is -0.460. The van der Waals surface area contributed by atoms with Crippen molar-refractivity contribution in [2.45, 2.75) is 37.6 Å². The third-order valence-electron chi connectivity index (χ3n) is 7.80. The lowest BCUT2D eigenvalue weighted by molar-refractivity contribution is -0.136. The second kappa shape index (κ2) is 8.77. The lowest BCUT2D eigenvalue weighted by atomic mass is 9.89. The Morgan fingerprint density at radius 2 is 1.60 bits per heavy atom. The van der Waals surface area contributed by atoms with E-state index >= 15 is 0 Å². The minimum absolute atomic E-state index is 0.00857. The van der Waals surface area contributed by atoms with Crippen LogP contribution in [-0.4, -0.2) is 57.4 Å². The summed E-state index contributed by atoms with van der Waals surface area (Å²) in [6.45, 7) is 1.93. The van der Waals surface area contributed by atoms with Crippen LogP contribution in [0, 0.1) is 0 Å².